The molecule has 1 heterocycles. The predicted molar refractivity (Wildman–Crippen MR) is 55.9 cm³/mol. The van der Waals surface area contributed by atoms with E-state index < -0.39 is 0 Å². The molecule has 0 spiro atoms. The van der Waals surface area contributed by atoms with Gasteiger partial charge in [-0.2, -0.15) is 0 Å². The van der Waals surface area contributed by atoms with Crippen LogP contribution in [-0.4, -0.2) is 16.9 Å². The fourth-order valence-corrected chi connectivity index (χ4v) is 1.11. The Labute approximate surface area is 84.3 Å². The summed E-state index contributed by atoms with van der Waals surface area (Å²) in [7, 11) is 0. The summed E-state index contributed by atoms with van der Waals surface area (Å²) in [4.78, 5) is 4.20. The topological polar surface area (TPSA) is 24.9 Å². The van der Waals surface area contributed by atoms with Crippen molar-refractivity contribution in [2.75, 3.05) is 6.54 Å². The molecule has 0 aliphatic heterocycles. The van der Waals surface area contributed by atoms with Crippen LogP contribution < -0.4 is 5.32 Å². The van der Waals surface area contributed by atoms with Gasteiger partial charge in [0.2, 0.25) is 0 Å². The van der Waals surface area contributed by atoms with Crippen molar-refractivity contribution >= 4 is 11.6 Å². The number of alkyl halides is 1. The van der Waals surface area contributed by atoms with Gasteiger partial charge in [0.15, 0.2) is 0 Å². The van der Waals surface area contributed by atoms with Crippen molar-refractivity contribution in [3.8, 4) is 0 Å². The van der Waals surface area contributed by atoms with Gasteiger partial charge in [-0.05, 0) is 18.6 Å². The summed E-state index contributed by atoms with van der Waals surface area (Å²) in [6.07, 6.45) is 2.80. The van der Waals surface area contributed by atoms with E-state index in [2.05, 4.69) is 17.2 Å². The zero-order valence-corrected chi connectivity index (χ0v) is 8.59. The summed E-state index contributed by atoms with van der Waals surface area (Å²) in [5.41, 5.74) is 1.06. The van der Waals surface area contributed by atoms with Crippen molar-refractivity contribution < 1.29 is 0 Å². The largest absolute Gasteiger partial charge is 0.310 e. The van der Waals surface area contributed by atoms with Crippen LogP contribution in [0.25, 0.3) is 0 Å². The summed E-state index contributed by atoms with van der Waals surface area (Å²) in [6.45, 7) is 3.72. The van der Waals surface area contributed by atoms with E-state index in [-0.39, 0.29) is 5.38 Å². The second-order valence-electron chi connectivity index (χ2n) is 2.96. The Kier molecular flexibility index (Phi) is 4.79. The van der Waals surface area contributed by atoms with Crippen LogP contribution in [0, 0.1) is 0 Å². The molecule has 3 heteroatoms. The molecule has 2 nitrogen and oxygen atoms in total. The number of halogens is 1. The minimum Gasteiger partial charge on any atom is -0.310 e. The molecule has 0 fully saturated rings. The number of hydrogen-bond acceptors (Lipinski definition) is 2. The van der Waals surface area contributed by atoms with Crippen LogP contribution in [-0.2, 0) is 6.54 Å². The highest BCUT2D eigenvalue weighted by molar-refractivity contribution is 6.20. The number of hydrogen-bond donors (Lipinski definition) is 1. The Morgan fingerprint density at radius 2 is 2.38 bits per heavy atom. The molecule has 1 aromatic rings. The van der Waals surface area contributed by atoms with Crippen molar-refractivity contribution in [3.05, 3.63) is 30.1 Å². The molecule has 0 amide bonds. The summed E-state index contributed by atoms with van der Waals surface area (Å²) in [5, 5.41) is 3.48. The lowest BCUT2D eigenvalue weighted by atomic mass is 10.3. The summed E-state index contributed by atoms with van der Waals surface area (Å²) >= 11 is 5.95. The summed E-state index contributed by atoms with van der Waals surface area (Å²) < 4.78 is 0. The third kappa shape index (κ3) is 4.25. The van der Waals surface area contributed by atoms with Gasteiger partial charge in [0.1, 0.15) is 0 Å². The normalized spacial score (nSPS) is 12.8. The van der Waals surface area contributed by atoms with Crippen molar-refractivity contribution in [2.24, 2.45) is 0 Å². The number of rotatable bonds is 5. The van der Waals surface area contributed by atoms with Crippen LogP contribution in [0.3, 0.4) is 0 Å². The smallest absolute Gasteiger partial charge is 0.0541 e. The van der Waals surface area contributed by atoms with E-state index >= 15 is 0 Å². The highest BCUT2D eigenvalue weighted by Crippen LogP contribution is 1.99. The van der Waals surface area contributed by atoms with E-state index in [1.807, 2.05) is 18.2 Å². The third-order valence-electron chi connectivity index (χ3n) is 1.84. The molecule has 1 atom stereocenters. The second-order valence-corrected chi connectivity index (χ2v) is 3.57. The molecule has 0 saturated heterocycles. The van der Waals surface area contributed by atoms with Crippen LogP contribution in [0.15, 0.2) is 24.4 Å². The number of aromatic nitrogens is 1. The molecule has 0 aliphatic rings. The predicted octanol–water partition coefficient (Wildman–Crippen LogP) is 2.19. The van der Waals surface area contributed by atoms with Gasteiger partial charge in [0.05, 0.1) is 5.69 Å². The van der Waals surface area contributed by atoms with E-state index in [0.717, 1.165) is 25.2 Å². The van der Waals surface area contributed by atoms with Crippen LogP contribution in [0.2, 0.25) is 0 Å². The molecule has 0 saturated carbocycles. The molecule has 1 aromatic heterocycles. The van der Waals surface area contributed by atoms with Crippen LogP contribution in [0.1, 0.15) is 19.0 Å². The van der Waals surface area contributed by atoms with E-state index in [4.69, 9.17) is 11.6 Å². The van der Waals surface area contributed by atoms with E-state index in [0.29, 0.717) is 0 Å². The minimum absolute atomic E-state index is 0.226. The molecule has 0 radical (unpaired) electrons. The van der Waals surface area contributed by atoms with Gasteiger partial charge >= 0.3 is 0 Å². The average molecular weight is 199 g/mol. The highest BCUT2D eigenvalue weighted by Gasteiger charge is 1.99. The van der Waals surface area contributed by atoms with Gasteiger partial charge in [-0.15, -0.1) is 11.6 Å². The van der Waals surface area contributed by atoms with Gasteiger partial charge in [-0.25, -0.2) is 0 Å². The Morgan fingerprint density at radius 1 is 1.54 bits per heavy atom. The van der Waals surface area contributed by atoms with E-state index in [9.17, 15) is 0 Å². The monoisotopic (exact) mass is 198 g/mol. The van der Waals surface area contributed by atoms with Crippen molar-refractivity contribution in [3.63, 3.8) is 0 Å². The van der Waals surface area contributed by atoms with Crippen LogP contribution >= 0.6 is 11.6 Å². The van der Waals surface area contributed by atoms with Gasteiger partial charge in [-0.1, -0.05) is 13.0 Å². The Morgan fingerprint density at radius 3 is 3.00 bits per heavy atom. The van der Waals surface area contributed by atoms with E-state index in [1.54, 1.807) is 6.20 Å². The van der Waals surface area contributed by atoms with Crippen molar-refractivity contribution in [1.82, 2.24) is 10.3 Å². The van der Waals surface area contributed by atoms with E-state index in [1.165, 1.54) is 0 Å². The fraction of sp³-hybridized carbons (Fsp3) is 0.500. The number of nitrogens with one attached hydrogen (secondary N) is 1. The summed E-state index contributed by atoms with van der Waals surface area (Å²) in [5.74, 6) is 0. The standard InChI is InChI=1S/C10H15ClN2/c1-2-9(11)7-12-8-10-5-3-4-6-13-10/h3-6,9,12H,2,7-8H2,1H3. The fourth-order valence-electron chi connectivity index (χ4n) is 1.00. The van der Waals surface area contributed by atoms with Crippen molar-refractivity contribution in [1.29, 1.82) is 0 Å². The molecule has 0 bridgehead atoms. The molecule has 72 valence electrons. The quantitative estimate of drug-likeness (QED) is 0.734. The van der Waals surface area contributed by atoms with Gasteiger partial charge in [-0.3, -0.25) is 4.98 Å². The zero-order chi connectivity index (χ0) is 9.52. The lowest BCUT2D eigenvalue weighted by molar-refractivity contribution is 0.639. The molecule has 0 aliphatic carbocycles. The SMILES string of the molecule is CCC(Cl)CNCc1ccccn1. The van der Waals surface area contributed by atoms with Gasteiger partial charge in [0, 0.05) is 24.7 Å². The van der Waals surface area contributed by atoms with Crippen LogP contribution in [0.5, 0.6) is 0 Å². The lowest BCUT2D eigenvalue weighted by Gasteiger charge is -2.07. The van der Waals surface area contributed by atoms with Gasteiger partial charge < -0.3 is 5.32 Å². The third-order valence-corrected chi connectivity index (χ3v) is 2.30. The first-order valence-electron chi connectivity index (χ1n) is 4.57. The molecule has 0 aromatic carbocycles. The van der Waals surface area contributed by atoms with Gasteiger partial charge in [0.25, 0.3) is 0 Å². The highest BCUT2D eigenvalue weighted by atomic mass is 35.5. The molecular weight excluding hydrogens is 184 g/mol. The minimum atomic E-state index is 0.226. The van der Waals surface area contributed by atoms with Crippen molar-refractivity contribution in [2.45, 2.75) is 25.3 Å². The molecule has 1 unspecified atom stereocenters. The summed E-state index contributed by atoms with van der Waals surface area (Å²) in [6, 6.07) is 5.91. The lowest BCUT2D eigenvalue weighted by Crippen LogP contribution is -2.22. The average Bonchev–Trinajstić information content (AvgIpc) is 2.19. The second kappa shape index (κ2) is 5.95. The Hall–Kier alpha value is -0.600. The molecule has 1 N–H and O–H groups in total. The zero-order valence-electron chi connectivity index (χ0n) is 7.83. The number of pyridine rings is 1. The molecule has 1 rings (SSSR count). The maximum Gasteiger partial charge on any atom is 0.0541 e. The molecular formula is C10H15ClN2. The first kappa shape index (κ1) is 10.5. The maximum atomic E-state index is 5.95. The first-order chi connectivity index (χ1) is 6.33. The number of nitrogens with zero attached hydrogens (tertiary/aromatic N) is 1. The first-order valence-corrected chi connectivity index (χ1v) is 5.01. The van der Waals surface area contributed by atoms with Crippen LogP contribution in [0.4, 0.5) is 0 Å². The molecule has 13 heavy (non-hydrogen) atoms. The maximum absolute atomic E-state index is 5.95. The Balaban J connectivity index is 2.20. The Bertz CT molecular complexity index is 226.